The van der Waals surface area contributed by atoms with Gasteiger partial charge in [0.05, 0.1) is 25.5 Å². The van der Waals surface area contributed by atoms with Gasteiger partial charge in [0, 0.05) is 51.7 Å². The third-order valence-corrected chi connectivity index (χ3v) is 4.21. The van der Waals surface area contributed by atoms with Crippen LogP contribution in [0.25, 0.3) is 0 Å². The topological polar surface area (TPSA) is 79.6 Å². The summed E-state index contributed by atoms with van der Waals surface area (Å²) < 4.78 is 7.28. The highest BCUT2D eigenvalue weighted by atomic mass is 16.5. The van der Waals surface area contributed by atoms with E-state index in [1.165, 1.54) is 0 Å². The van der Waals surface area contributed by atoms with Crippen LogP contribution in [0.3, 0.4) is 0 Å². The summed E-state index contributed by atoms with van der Waals surface area (Å²) in [6, 6.07) is 6.05. The van der Waals surface area contributed by atoms with Crippen molar-refractivity contribution >= 4 is 11.8 Å². The predicted octanol–water partition coefficient (Wildman–Crippen LogP) is 0.517. The van der Waals surface area contributed by atoms with Crippen LogP contribution in [0.2, 0.25) is 0 Å². The number of ether oxygens (including phenoxy) is 1. The second-order valence-electron chi connectivity index (χ2n) is 5.81. The van der Waals surface area contributed by atoms with Crippen molar-refractivity contribution in [3.05, 3.63) is 41.9 Å². The number of aryl methyl sites for hydroxylation is 1. The molecule has 2 N–H and O–H groups in total. The third kappa shape index (κ3) is 4.48. The average Bonchev–Trinajstić information content (AvgIpc) is 3.08. The summed E-state index contributed by atoms with van der Waals surface area (Å²) in [6.45, 7) is 4.56. The first-order valence-electron chi connectivity index (χ1n) is 8.46. The van der Waals surface area contributed by atoms with Crippen molar-refractivity contribution in [1.82, 2.24) is 25.4 Å². The van der Waals surface area contributed by atoms with Crippen molar-refractivity contribution in [2.45, 2.75) is 13.1 Å². The Kier molecular flexibility index (Phi) is 5.84. The second-order valence-corrected chi connectivity index (χ2v) is 5.81. The van der Waals surface area contributed by atoms with E-state index >= 15 is 0 Å². The smallest absolute Gasteiger partial charge is 0.191 e. The molecular formula is C17H25N7O. The van der Waals surface area contributed by atoms with Crippen LogP contribution in [0.1, 0.15) is 11.3 Å². The van der Waals surface area contributed by atoms with E-state index in [0.29, 0.717) is 13.1 Å². The SMILES string of the molecule is CN=C(NCc1cccnc1N1CCOCC1)NCc1ccnn1C. The van der Waals surface area contributed by atoms with Crippen LogP contribution < -0.4 is 15.5 Å². The van der Waals surface area contributed by atoms with Crippen molar-refractivity contribution in [3.8, 4) is 0 Å². The van der Waals surface area contributed by atoms with Gasteiger partial charge < -0.3 is 20.3 Å². The van der Waals surface area contributed by atoms with Crippen LogP contribution >= 0.6 is 0 Å². The highest BCUT2D eigenvalue weighted by Gasteiger charge is 2.15. The van der Waals surface area contributed by atoms with Gasteiger partial charge in [-0.15, -0.1) is 0 Å². The average molecular weight is 343 g/mol. The fraction of sp³-hybridized carbons (Fsp3) is 0.471. The molecule has 0 radical (unpaired) electrons. The van der Waals surface area contributed by atoms with E-state index in [0.717, 1.165) is 49.3 Å². The standard InChI is InChI=1S/C17H25N7O/c1-18-17(21-13-15-5-7-22-23(15)2)20-12-14-4-3-6-19-16(14)24-8-10-25-11-9-24/h3-7H,8-13H2,1-2H3,(H2,18,20,21). The number of rotatable bonds is 5. The van der Waals surface area contributed by atoms with Crippen LogP contribution in [0.15, 0.2) is 35.6 Å². The number of anilines is 1. The first-order chi connectivity index (χ1) is 12.3. The first kappa shape index (κ1) is 17.2. The molecule has 0 unspecified atom stereocenters. The lowest BCUT2D eigenvalue weighted by Crippen LogP contribution is -2.39. The van der Waals surface area contributed by atoms with Crippen molar-refractivity contribution in [2.75, 3.05) is 38.3 Å². The first-order valence-corrected chi connectivity index (χ1v) is 8.46. The molecule has 1 aliphatic rings. The quantitative estimate of drug-likeness (QED) is 0.609. The van der Waals surface area contributed by atoms with E-state index in [9.17, 15) is 0 Å². The molecule has 1 fully saturated rings. The maximum Gasteiger partial charge on any atom is 0.191 e. The summed E-state index contributed by atoms with van der Waals surface area (Å²) >= 11 is 0. The molecule has 3 rings (SSSR count). The Morgan fingerprint density at radius 2 is 2.00 bits per heavy atom. The van der Waals surface area contributed by atoms with E-state index in [4.69, 9.17) is 4.74 Å². The van der Waals surface area contributed by atoms with Gasteiger partial charge in [-0.3, -0.25) is 9.67 Å². The minimum atomic E-state index is 0.658. The van der Waals surface area contributed by atoms with Crippen LogP contribution in [0.5, 0.6) is 0 Å². The molecule has 0 aromatic carbocycles. The van der Waals surface area contributed by atoms with Gasteiger partial charge in [0.25, 0.3) is 0 Å². The van der Waals surface area contributed by atoms with E-state index < -0.39 is 0 Å². The summed E-state index contributed by atoms with van der Waals surface area (Å²) in [5.74, 6) is 1.76. The molecule has 1 saturated heterocycles. The molecule has 2 aromatic heterocycles. The highest BCUT2D eigenvalue weighted by molar-refractivity contribution is 5.79. The molecule has 3 heterocycles. The minimum absolute atomic E-state index is 0.658. The molecule has 0 amide bonds. The van der Waals surface area contributed by atoms with Crippen LogP contribution in [-0.2, 0) is 24.9 Å². The van der Waals surface area contributed by atoms with Crippen molar-refractivity contribution in [3.63, 3.8) is 0 Å². The fourth-order valence-electron chi connectivity index (χ4n) is 2.78. The lowest BCUT2D eigenvalue weighted by Gasteiger charge is -2.29. The zero-order chi connectivity index (χ0) is 17.5. The van der Waals surface area contributed by atoms with E-state index in [1.807, 2.05) is 30.1 Å². The van der Waals surface area contributed by atoms with E-state index in [2.05, 4.69) is 36.7 Å². The fourth-order valence-corrected chi connectivity index (χ4v) is 2.78. The predicted molar refractivity (Wildman–Crippen MR) is 97.5 cm³/mol. The normalized spacial score (nSPS) is 15.3. The summed E-state index contributed by atoms with van der Waals surface area (Å²) in [7, 11) is 3.70. The summed E-state index contributed by atoms with van der Waals surface area (Å²) in [4.78, 5) is 11.1. The molecular weight excluding hydrogens is 318 g/mol. The Bertz CT molecular complexity index is 707. The molecule has 0 aliphatic carbocycles. The number of nitrogens with zero attached hydrogens (tertiary/aromatic N) is 5. The molecule has 0 spiro atoms. The summed E-state index contributed by atoms with van der Waals surface area (Å²) in [5, 5.41) is 10.8. The number of hydrogen-bond acceptors (Lipinski definition) is 5. The largest absolute Gasteiger partial charge is 0.378 e. The Morgan fingerprint density at radius 1 is 1.20 bits per heavy atom. The molecule has 2 aromatic rings. The number of nitrogens with one attached hydrogen (secondary N) is 2. The Morgan fingerprint density at radius 3 is 2.72 bits per heavy atom. The molecule has 1 aliphatic heterocycles. The maximum absolute atomic E-state index is 5.43. The van der Waals surface area contributed by atoms with Gasteiger partial charge in [0.1, 0.15) is 5.82 Å². The number of aliphatic imine (C=N–C) groups is 1. The zero-order valence-corrected chi connectivity index (χ0v) is 14.8. The Labute approximate surface area is 147 Å². The van der Waals surface area contributed by atoms with Crippen LogP contribution in [0, 0.1) is 0 Å². The van der Waals surface area contributed by atoms with Crippen molar-refractivity contribution in [1.29, 1.82) is 0 Å². The maximum atomic E-state index is 5.43. The second kappa shape index (κ2) is 8.48. The van der Waals surface area contributed by atoms with Crippen LogP contribution in [0.4, 0.5) is 5.82 Å². The molecule has 0 bridgehead atoms. The van der Waals surface area contributed by atoms with Gasteiger partial charge >= 0.3 is 0 Å². The van der Waals surface area contributed by atoms with Gasteiger partial charge in [-0.1, -0.05) is 6.07 Å². The van der Waals surface area contributed by atoms with Gasteiger partial charge in [-0.2, -0.15) is 5.10 Å². The van der Waals surface area contributed by atoms with Crippen molar-refractivity contribution < 1.29 is 4.74 Å². The van der Waals surface area contributed by atoms with Crippen LogP contribution in [-0.4, -0.2) is 54.1 Å². The number of pyridine rings is 1. The molecule has 8 nitrogen and oxygen atoms in total. The van der Waals surface area contributed by atoms with Gasteiger partial charge in [-0.05, 0) is 12.1 Å². The molecule has 8 heteroatoms. The molecule has 0 saturated carbocycles. The lowest BCUT2D eigenvalue weighted by molar-refractivity contribution is 0.122. The zero-order valence-electron chi connectivity index (χ0n) is 14.8. The summed E-state index contributed by atoms with van der Waals surface area (Å²) in [5.41, 5.74) is 2.24. The van der Waals surface area contributed by atoms with Gasteiger partial charge in [0.15, 0.2) is 5.96 Å². The number of guanidine groups is 1. The molecule has 134 valence electrons. The Hall–Kier alpha value is -2.61. The lowest BCUT2D eigenvalue weighted by atomic mass is 10.2. The minimum Gasteiger partial charge on any atom is -0.378 e. The number of hydrogen-bond donors (Lipinski definition) is 2. The van der Waals surface area contributed by atoms with Gasteiger partial charge in [0.2, 0.25) is 0 Å². The monoisotopic (exact) mass is 343 g/mol. The third-order valence-electron chi connectivity index (χ3n) is 4.21. The van der Waals surface area contributed by atoms with Crippen molar-refractivity contribution in [2.24, 2.45) is 12.0 Å². The number of aromatic nitrogens is 3. The van der Waals surface area contributed by atoms with E-state index in [-0.39, 0.29) is 0 Å². The highest BCUT2D eigenvalue weighted by Crippen LogP contribution is 2.18. The van der Waals surface area contributed by atoms with Gasteiger partial charge in [-0.25, -0.2) is 4.98 Å². The summed E-state index contributed by atoms with van der Waals surface area (Å²) in [6.07, 6.45) is 3.63. The Balaban J connectivity index is 1.59. The number of morpholine rings is 1. The molecule has 25 heavy (non-hydrogen) atoms. The molecule has 0 atom stereocenters. The van der Waals surface area contributed by atoms with E-state index in [1.54, 1.807) is 13.2 Å².